The molecule has 0 spiro atoms. The average Bonchev–Trinajstić information content (AvgIpc) is 3.30. The van der Waals surface area contributed by atoms with Gasteiger partial charge in [0.1, 0.15) is 5.82 Å². The first-order valence-electron chi connectivity index (χ1n) is 12.4. The number of halogens is 3. The highest BCUT2D eigenvalue weighted by Crippen LogP contribution is 2.49. The lowest BCUT2D eigenvalue weighted by atomic mass is 9.79. The number of nitrogens with two attached hydrogens (primary N) is 1. The molecule has 3 heterocycles. The Morgan fingerprint density at radius 1 is 1.26 bits per heavy atom. The molecule has 35 heavy (non-hydrogen) atoms. The fraction of sp³-hybridized carbons (Fsp3) is 0.600. The van der Waals surface area contributed by atoms with Gasteiger partial charge in [-0.3, -0.25) is 5.14 Å². The van der Waals surface area contributed by atoms with Crippen molar-refractivity contribution in [3.05, 3.63) is 52.1 Å². The van der Waals surface area contributed by atoms with Crippen molar-refractivity contribution in [1.82, 2.24) is 19.7 Å². The standard InChI is InChI=1S/C25H33F3N6S/c1-14(2)9-20(35-29)33-12-15-6-7-25(3,13-33)22(15)30-24-31-23-17(5-4-8-34(23)32-24)16-10-18(26)21(28)19(27)11-16/h9-11,14-15,17,22H,4-8,12-13,29H2,1-3H3,(H,30,32)/b20-9-. The van der Waals surface area contributed by atoms with Gasteiger partial charge in [0.05, 0.1) is 5.03 Å². The van der Waals surface area contributed by atoms with Gasteiger partial charge < -0.3 is 10.2 Å². The quantitative estimate of drug-likeness (QED) is 0.413. The Bertz CT molecular complexity index is 1110. The average molecular weight is 507 g/mol. The molecule has 1 saturated heterocycles. The van der Waals surface area contributed by atoms with Crippen LogP contribution in [0.1, 0.15) is 63.8 Å². The predicted molar refractivity (Wildman–Crippen MR) is 132 cm³/mol. The largest absolute Gasteiger partial charge is 0.365 e. The van der Waals surface area contributed by atoms with E-state index in [9.17, 15) is 13.2 Å². The van der Waals surface area contributed by atoms with Crippen molar-refractivity contribution in [2.75, 3.05) is 18.4 Å². The van der Waals surface area contributed by atoms with E-state index in [1.54, 1.807) is 0 Å². The minimum Gasteiger partial charge on any atom is -0.365 e. The van der Waals surface area contributed by atoms with Crippen molar-refractivity contribution in [3.63, 3.8) is 0 Å². The number of allylic oxidation sites excluding steroid dienone is 1. The first kappa shape index (κ1) is 24.5. The van der Waals surface area contributed by atoms with Crippen LogP contribution in [0.25, 0.3) is 0 Å². The summed E-state index contributed by atoms with van der Waals surface area (Å²) in [6.07, 6.45) is 5.96. The summed E-state index contributed by atoms with van der Waals surface area (Å²) in [6, 6.07) is 2.38. The summed E-state index contributed by atoms with van der Waals surface area (Å²) in [4.78, 5) is 7.19. The Hall–Kier alpha value is -2.20. The van der Waals surface area contributed by atoms with E-state index in [2.05, 4.69) is 37.1 Å². The molecule has 0 radical (unpaired) electrons. The zero-order valence-electron chi connectivity index (χ0n) is 20.4. The predicted octanol–water partition coefficient (Wildman–Crippen LogP) is 5.24. The molecule has 2 aromatic rings. The molecule has 0 amide bonds. The van der Waals surface area contributed by atoms with Gasteiger partial charge >= 0.3 is 0 Å². The van der Waals surface area contributed by atoms with Crippen LogP contribution in [0.2, 0.25) is 0 Å². The number of aromatic nitrogens is 3. The number of nitrogens with zero attached hydrogens (tertiary/aromatic N) is 4. The number of hydrogen-bond acceptors (Lipinski definition) is 6. The van der Waals surface area contributed by atoms with Crippen LogP contribution in [0, 0.1) is 34.7 Å². The molecule has 190 valence electrons. The Morgan fingerprint density at radius 3 is 2.66 bits per heavy atom. The van der Waals surface area contributed by atoms with E-state index in [4.69, 9.17) is 15.2 Å². The van der Waals surface area contributed by atoms with Crippen molar-refractivity contribution in [1.29, 1.82) is 0 Å². The number of piperidine rings is 1. The van der Waals surface area contributed by atoms with Gasteiger partial charge in [-0.05, 0) is 67.2 Å². The van der Waals surface area contributed by atoms with Crippen LogP contribution in [0.5, 0.6) is 0 Å². The third-order valence-electron chi connectivity index (χ3n) is 7.79. The van der Waals surface area contributed by atoms with Crippen molar-refractivity contribution in [3.8, 4) is 0 Å². The van der Waals surface area contributed by atoms with Crippen molar-refractivity contribution in [2.24, 2.45) is 22.4 Å². The molecular formula is C25H33F3N6S. The smallest absolute Gasteiger partial charge is 0.242 e. The summed E-state index contributed by atoms with van der Waals surface area (Å²) in [5.41, 5.74) is 0.439. The fourth-order valence-corrected chi connectivity index (χ4v) is 6.81. The number of anilines is 1. The van der Waals surface area contributed by atoms with Gasteiger partial charge in [0, 0.05) is 37.0 Å². The summed E-state index contributed by atoms with van der Waals surface area (Å²) >= 11 is 1.32. The third-order valence-corrected chi connectivity index (χ3v) is 8.43. The Morgan fingerprint density at radius 2 is 2.00 bits per heavy atom. The molecule has 6 nitrogen and oxygen atoms in total. The third kappa shape index (κ3) is 4.55. The molecule has 2 aliphatic heterocycles. The zero-order valence-corrected chi connectivity index (χ0v) is 21.2. The number of fused-ring (bicyclic) bond motifs is 3. The topological polar surface area (TPSA) is 72.0 Å². The number of hydrogen-bond donors (Lipinski definition) is 2. The maximum Gasteiger partial charge on any atom is 0.242 e. The van der Waals surface area contributed by atoms with Gasteiger partial charge in [0.15, 0.2) is 17.5 Å². The van der Waals surface area contributed by atoms with E-state index < -0.39 is 17.5 Å². The van der Waals surface area contributed by atoms with Crippen molar-refractivity contribution >= 4 is 17.9 Å². The van der Waals surface area contributed by atoms with Gasteiger partial charge in [-0.25, -0.2) is 17.9 Å². The highest BCUT2D eigenvalue weighted by Gasteiger charge is 2.51. The Balaban J connectivity index is 1.37. The van der Waals surface area contributed by atoms with E-state index >= 15 is 0 Å². The molecule has 4 atom stereocenters. The molecule has 3 aliphatic rings. The molecule has 2 fully saturated rings. The molecule has 4 unspecified atom stereocenters. The summed E-state index contributed by atoms with van der Waals surface area (Å²) in [6.45, 7) is 9.18. The highest BCUT2D eigenvalue weighted by molar-refractivity contribution is 8.00. The minimum absolute atomic E-state index is 0.0448. The number of rotatable bonds is 6. The number of nitrogens with one attached hydrogen (secondary N) is 1. The number of benzene rings is 1. The summed E-state index contributed by atoms with van der Waals surface area (Å²) in [7, 11) is 0. The van der Waals surface area contributed by atoms with Gasteiger partial charge in [0.25, 0.3) is 0 Å². The van der Waals surface area contributed by atoms with E-state index in [0.717, 1.165) is 49.5 Å². The molecule has 5 rings (SSSR count). The maximum absolute atomic E-state index is 13.9. The normalized spacial score (nSPS) is 28.5. The first-order chi connectivity index (χ1) is 16.7. The zero-order chi connectivity index (χ0) is 24.9. The van der Waals surface area contributed by atoms with Gasteiger partial charge in [0.2, 0.25) is 5.95 Å². The number of likely N-dealkylation sites (tertiary alicyclic amines) is 1. The molecule has 1 saturated carbocycles. The van der Waals surface area contributed by atoms with E-state index in [0.29, 0.717) is 42.1 Å². The molecule has 3 N–H and O–H groups in total. The molecular weight excluding hydrogens is 473 g/mol. The monoisotopic (exact) mass is 506 g/mol. The summed E-state index contributed by atoms with van der Waals surface area (Å²) < 4.78 is 43.2. The van der Waals surface area contributed by atoms with Crippen LogP contribution in [-0.2, 0) is 6.54 Å². The van der Waals surface area contributed by atoms with Crippen LogP contribution < -0.4 is 10.5 Å². The van der Waals surface area contributed by atoms with Crippen LogP contribution in [0.15, 0.2) is 23.2 Å². The summed E-state index contributed by atoms with van der Waals surface area (Å²) in [5.74, 6) is -2.02. The molecule has 10 heteroatoms. The van der Waals surface area contributed by atoms with E-state index in [1.807, 2.05) is 4.68 Å². The van der Waals surface area contributed by atoms with Crippen LogP contribution >= 0.6 is 11.9 Å². The van der Waals surface area contributed by atoms with Gasteiger partial charge in [-0.15, -0.1) is 5.10 Å². The Kier molecular flexibility index (Phi) is 6.54. The van der Waals surface area contributed by atoms with Crippen LogP contribution in [0.4, 0.5) is 19.1 Å². The van der Waals surface area contributed by atoms with Crippen molar-refractivity contribution in [2.45, 2.75) is 65.0 Å². The SMILES string of the molecule is CC(C)/C=C(\SN)N1CC2CCC(C)(C1)C2Nc1nc2n(n1)CCCC2c1cc(F)c(F)c(F)c1. The second kappa shape index (κ2) is 9.35. The maximum atomic E-state index is 13.9. The Labute approximate surface area is 208 Å². The second-order valence-electron chi connectivity index (χ2n) is 10.8. The van der Waals surface area contributed by atoms with Crippen LogP contribution in [0.3, 0.4) is 0 Å². The lowest BCUT2D eigenvalue weighted by molar-refractivity contribution is 0.130. The highest BCUT2D eigenvalue weighted by atomic mass is 32.2. The van der Waals surface area contributed by atoms with Crippen molar-refractivity contribution < 1.29 is 13.2 Å². The molecule has 2 bridgehead atoms. The second-order valence-corrected chi connectivity index (χ2v) is 11.5. The van der Waals surface area contributed by atoms with E-state index in [-0.39, 0.29) is 17.4 Å². The van der Waals surface area contributed by atoms with Gasteiger partial charge in [-0.1, -0.05) is 26.8 Å². The lowest BCUT2D eigenvalue weighted by Gasteiger charge is -2.46. The first-order valence-corrected chi connectivity index (χ1v) is 13.3. The molecule has 1 aromatic heterocycles. The minimum atomic E-state index is -1.44. The number of aryl methyl sites for hydroxylation is 1. The fourth-order valence-electron chi connectivity index (χ4n) is 6.17. The van der Waals surface area contributed by atoms with Gasteiger partial charge in [-0.2, -0.15) is 4.98 Å². The molecule has 1 aromatic carbocycles. The van der Waals surface area contributed by atoms with E-state index in [1.165, 1.54) is 11.9 Å². The summed E-state index contributed by atoms with van der Waals surface area (Å²) in [5, 5.41) is 15.5. The van der Waals surface area contributed by atoms with Crippen LogP contribution in [-0.4, -0.2) is 38.8 Å². The lowest BCUT2D eigenvalue weighted by Crippen LogP contribution is -2.53. The molecule has 1 aliphatic carbocycles.